The van der Waals surface area contributed by atoms with Gasteiger partial charge in [0.25, 0.3) is 0 Å². The Morgan fingerprint density at radius 3 is 2.21 bits per heavy atom. The van der Waals surface area contributed by atoms with Crippen molar-refractivity contribution in [3.63, 3.8) is 0 Å². The van der Waals surface area contributed by atoms with Crippen molar-refractivity contribution in [1.29, 1.82) is 0 Å². The minimum absolute atomic E-state index is 0.698. The topological polar surface area (TPSA) is 30.5 Å². The molecule has 0 bridgehead atoms. The van der Waals surface area contributed by atoms with Crippen molar-refractivity contribution < 1.29 is 9.47 Å². The maximum absolute atomic E-state index is 6.05. The third-order valence-corrected chi connectivity index (χ3v) is 4.50. The van der Waals surface area contributed by atoms with E-state index in [0.717, 1.165) is 48.6 Å². The number of nitrogens with one attached hydrogen (secondary N) is 1. The molecule has 0 aliphatic rings. The van der Waals surface area contributed by atoms with Crippen molar-refractivity contribution in [1.82, 2.24) is 0 Å². The molecule has 0 aromatic heterocycles. The molecule has 0 atom stereocenters. The average Bonchev–Trinajstić information content (AvgIpc) is 2.76. The van der Waals surface area contributed by atoms with Crippen molar-refractivity contribution in [2.45, 2.75) is 32.7 Å². The van der Waals surface area contributed by atoms with Crippen LogP contribution < -0.4 is 14.8 Å². The predicted octanol–water partition coefficient (Wildman–Crippen LogP) is 6.10. The van der Waals surface area contributed by atoms with Gasteiger partial charge in [0.2, 0.25) is 0 Å². The Bertz CT molecular complexity index is 833. The Balaban J connectivity index is 1.54. The summed E-state index contributed by atoms with van der Waals surface area (Å²) >= 11 is 0. The van der Waals surface area contributed by atoms with E-state index in [0.29, 0.717) is 13.2 Å². The first-order valence-electron chi connectivity index (χ1n) is 10.1. The zero-order valence-electron chi connectivity index (χ0n) is 16.6. The van der Waals surface area contributed by atoms with E-state index in [1.807, 2.05) is 42.5 Å². The lowest BCUT2D eigenvalue weighted by Gasteiger charge is -2.15. The predicted molar refractivity (Wildman–Crippen MR) is 116 cm³/mol. The quantitative estimate of drug-likeness (QED) is 0.411. The molecule has 0 saturated carbocycles. The molecule has 0 heterocycles. The molecule has 0 spiro atoms. The van der Waals surface area contributed by atoms with Gasteiger partial charge in [0.15, 0.2) is 0 Å². The van der Waals surface area contributed by atoms with Crippen LogP contribution in [0.1, 0.15) is 30.9 Å². The second-order valence-corrected chi connectivity index (χ2v) is 6.74. The fourth-order valence-corrected chi connectivity index (χ4v) is 3.03. The van der Waals surface area contributed by atoms with E-state index in [1.165, 1.54) is 5.56 Å². The minimum atomic E-state index is 0.698. The van der Waals surface area contributed by atoms with Gasteiger partial charge in [0.1, 0.15) is 11.5 Å². The van der Waals surface area contributed by atoms with E-state index in [1.54, 1.807) is 0 Å². The van der Waals surface area contributed by atoms with Crippen LogP contribution in [0.5, 0.6) is 11.5 Å². The first-order valence-corrected chi connectivity index (χ1v) is 10.1. The Kier molecular flexibility index (Phi) is 7.80. The summed E-state index contributed by atoms with van der Waals surface area (Å²) in [5.74, 6) is 1.83. The fraction of sp³-hybridized carbons (Fsp3) is 0.280. The van der Waals surface area contributed by atoms with Crippen LogP contribution in [0.15, 0.2) is 78.9 Å². The number of aryl methyl sites for hydroxylation is 1. The molecule has 0 amide bonds. The number of para-hydroxylation sites is 3. The summed E-state index contributed by atoms with van der Waals surface area (Å²) in [6.07, 6.45) is 3.02. The molecule has 3 nitrogen and oxygen atoms in total. The lowest BCUT2D eigenvalue weighted by Crippen LogP contribution is -2.06. The van der Waals surface area contributed by atoms with Gasteiger partial charge in [-0.1, -0.05) is 67.6 Å². The summed E-state index contributed by atoms with van der Waals surface area (Å²) in [5.41, 5.74) is 3.50. The van der Waals surface area contributed by atoms with Crippen molar-refractivity contribution in [3.8, 4) is 11.5 Å². The first kappa shape index (κ1) is 19.8. The largest absolute Gasteiger partial charge is 0.493 e. The lowest BCUT2D eigenvalue weighted by molar-refractivity contribution is 0.311. The highest BCUT2D eigenvalue weighted by Gasteiger charge is 2.06. The molecule has 1 N–H and O–H groups in total. The highest BCUT2D eigenvalue weighted by Crippen LogP contribution is 2.26. The summed E-state index contributed by atoms with van der Waals surface area (Å²) in [5, 5.41) is 3.50. The van der Waals surface area contributed by atoms with Crippen LogP contribution >= 0.6 is 0 Å². The number of benzene rings is 3. The summed E-state index contributed by atoms with van der Waals surface area (Å²) < 4.78 is 11.9. The molecule has 28 heavy (non-hydrogen) atoms. The van der Waals surface area contributed by atoms with Crippen molar-refractivity contribution in [3.05, 3.63) is 90.0 Å². The summed E-state index contributed by atoms with van der Waals surface area (Å²) in [6, 6.07) is 26.8. The smallest absolute Gasteiger partial charge is 0.142 e. The third kappa shape index (κ3) is 6.05. The second-order valence-electron chi connectivity index (χ2n) is 6.74. The minimum Gasteiger partial charge on any atom is -0.493 e. The van der Waals surface area contributed by atoms with E-state index in [4.69, 9.17) is 9.47 Å². The van der Waals surface area contributed by atoms with E-state index in [-0.39, 0.29) is 0 Å². The summed E-state index contributed by atoms with van der Waals surface area (Å²) in [4.78, 5) is 0. The van der Waals surface area contributed by atoms with Crippen molar-refractivity contribution in [2.75, 3.05) is 18.5 Å². The van der Waals surface area contributed by atoms with E-state index < -0.39 is 0 Å². The molecular weight excluding hydrogens is 346 g/mol. The normalized spacial score (nSPS) is 10.5. The molecule has 0 fully saturated rings. The fourth-order valence-electron chi connectivity index (χ4n) is 3.03. The molecule has 0 radical (unpaired) electrons. The number of hydrogen-bond donors (Lipinski definition) is 1. The number of rotatable bonds is 11. The molecular formula is C25H29NO2. The first-order chi connectivity index (χ1) is 13.9. The maximum Gasteiger partial charge on any atom is 0.142 e. The highest BCUT2D eigenvalue weighted by atomic mass is 16.5. The van der Waals surface area contributed by atoms with Crippen LogP contribution in [-0.4, -0.2) is 13.2 Å². The molecule has 0 aliphatic carbocycles. The molecule has 0 aliphatic heterocycles. The Hall–Kier alpha value is -2.94. The van der Waals surface area contributed by atoms with E-state index in [9.17, 15) is 0 Å². The van der Waals surface area contributed by atoms with Crippen molar-refractivity contribution >= 4 is 5.69 Å². The van der Waals surface area contributed by atoms with Gasteiger partial charge in [-0.15, -0.1) is 0 Å². The molecule has 146 valence electrons. The standard InChI is InChI=1S/C25H29NO2/c1-2-18-27-24-16-8-6-14-22(24)20-26-23-15-7-9-17-25(23)28-19-10-13-21-11-4-3-5-12-21/h3-9,11-12,14-17,26H,2,10,13,18-20H2,1H3. The third-order valence-electron chi connectivity index (χ3n) is 4.50. The molecule has 0 saturated heterocycles. The second kappa shape index (κ2) is 11.0. The Morgan fingerprint density at radius 2 is 1.39 bits per heavy atom. The Labute approximate surface area is 168 Å². The van der Waals surface area contributed by atoms with Gasteiger partial charge in [-0.05, 0) is 43.0 Å². The highest BCUT2D eigenvalue weighted by molar-refractivity contribution is 5.56. The van der Waals surface area contributed by atoms with Gasteiger partial charge >= 0.3 is 0 Å². The van der Waals surface area contributed by atoms with Crippen LogP contribution in [0.4, 0.5) is 5.69 Å². The molecule has 3 rings (SSSR count). The molecule has 3 aromatic carbocycles. The van der Waals surface area contributed by atoms with Gasteiger partial charge < -0.3 is 14.8 Å². The Morgan fingerprint density at radius 1 is 0.714 bits per heavy atom. The van der Waals surface area contributed by atoms with Crippen LogP contribution in [-0.2, 0) is 13.0 Å². The van der Waals surface area contributed by atoms with E-state index in [2.05, 4.69) is 48.6 Å². The molecule has 3 heteroatoms. The van der Waals surface area contributed by atoms with Gasteiger partial charge in [-0.3, -0.25) is 0 Å². The monoisotopic (exact) mass is 375 g/mol. The lowest BCUT2D eigenvalue weighted by atomic mass is 10.1. The molecule has 3 aromatic rings. The van der Waals surface area contributed by atoms with Gasteiger partial charge in [0, 0.05) is 12.1 Å². The van der Waals surface area contributed by atoms with Crippen LogP contribution in [0.3, 0.4) is 0 Å². The average molecular weight is 376 g/mol. The van der Waals surface area contributed by atoms with E-state index >= 15 is 0 Å². The van der Waals surface area contributed by atoms with Gasteiger partial charge in [0.05, 0.1) is 18.9 Å². The maximum atomic E-state index is 6.05. The van der Waals surface area contributed by atoms with Crippen LogP contribution in [0, 0.1) is 0 Å². The molecule has 0 unspecified atom stereocenters. The van der Waals surface area contributed by atoms with Gasteiger partial charge in [-0.25, -0.2) is 0 Å². The number of anilines is 1. The van der Waals surface area contributed by atoms with Gasteiger partial charge in [-0.2, -0.15) is 0 Å². The van der Waals surface area contributed by atoms with Crippen LogP contribution in [0.25, 0.3) is 0 Å². The zero-order valence-corrected chi connectivity index (χ0v) is 16.6. The number of ether oxygens (including phenoxy) is 2. The van der Waals surface area contributed by atoms with Crippen LogP contribution in [0.2, 0.25) is 0 Å². The SMILES string of the molecule is CCCOc1ccccc1CNc1ccccc1OCCCc1ccccc1. The summed E-state index contributed by atoms with van der Waals surface area (Å²) in [6.45, 7) is 4.25. The zero-order chi connectivity index (χ0) is 19.4. The van der Waals surface area contributed by atoms with Crippen molar-refractivity contribution in [2.24, 2.45) is 0 Å². The summed E-state index contributed by atoms with van der Waals surface area (Å²) in [7, 11) is 0. The number of hydrogen-bond acceptors (Lipinski definition) is 3.